The third-order valence-electron chi connectivity index (χ3n) is 3.19. The van der Waals surface area contributed by atoms with Gasteiger partial charge in [-0.15, -0.1) is 0 Å². The number of benzene rings is 1. The maximum Gasteiger partial charge on any atom is 0.308 e. The van der Waals surface area contributed by atoms with E-state index in [4.69, 9.17) is 9.84 Å². The van der Waals surface area contributed by atoms with Crippen molar-refractivity contribution in [2.75, 3.05) is 7.11 Å². The number of aromatic nitrogens is 2. The average molecular weight is 302 g/mol. The first-order chi connectivity index (χ1) is 10.5. The number of carboxylic acid groups (broad SMARTS) is 1. The minimum absolute atomic E-state index is 0.230. The zero-order valence-electron chi connectivity index (χ0n) is 12.6. The molecule has 0 aliphatic carbocycles. The second-order valence-corrected chi connectivity index (χ2v) is 4.89. The fourth-order valence-electron chi connectivity index (χ4n) is 2.17. The molecule has 0 aliphatic rings. The summed E-state index contributed by atoms with van der Waals surface area (Å²) in [5.74, 6) is -0.365. The van der Waals surface area contributed by atoms with Crippen LogP contribution < -0.4 is 10.3 Å². The van der Waals surface area contributed by atoms with Gasteiger partial charge >= 0.3 is 5.97 Å². The summed E-state index contributed by atoms with van der Waals surface area (Å²) in [6.45, 7) is 2.38. The quantitative estimate of drug-likeness (QED) is 0.882. The SMILES string of the molecule is CCCn1nc(-c2cccc(OC)c2)cc(CC(=O)O)c1=O. The molecule has 0 spiro atoms. The molecule has 0 radical (unpaired) electrons. The van der Waals surface area contributed by atoms with Crippen molar-refractivity contribution in [2.24, 2.45) is 0 Å². The van der Waals surface area contributed by atoms with Crippen LogP contribution in [0.4, 0.5) is 0 Å². The summed E-state index contributed by atoms with van der Waals surface area (Å²) >= 11 is 0. The van der Waals surface area contributed by atoms with Crippen LogP contribution in [0.3, 0.4) is 0 Å². The van der Waals surface area contributed by atoms with Crippen LogP contribution in [0.2, 0.25) is 0 Å². The summed E-state index contributed by atoms with van der Waals surface area (Å²) in [5.41, 5.74) is 1.21. The van der Waals surface area contributed by atoms with E-state index in [0.29, 0.717) is 18.0 Å². The molecule has 0 aliphatic heterocycles. The number of methoxy groups -OCH3 is 1. The van der Waals surface area contributed by atoms with Crippen LogP contribution in [-0.4, -0.2) is 28.0 Å². The van der Waals surface area contributed by atoms with E-state index < -0.39 is 5.97 Å². The molecule has 1 N–H and O–H groups in total. The molecule has 0 unspecified atom stereocenters. The Morgan fingerprint density at radius 1 is 1.36 bits per heavy atom. The van der Waals surface area contributed by atoms with Crippen molar-refractivity contribution in [1.29, 1.82) is 0 Å². The van der Waals surface area contributed by atoms with Gasteiger partial charge in [0.25, 0.3) is 5.56 Å². The van der Waals surface area contributed by atoms with E-state index >= 15 is 0 Å². The molecular formula is C16H18N2O4. The van der Waals surface area contributed by atoms with E-state index in [1.165, 1.54) is 10.7 Å². The number of ether oxygens (including phenoxy) is 1. The number of hydrogen-bond acceptors (Lipinski definition) is 4. The number of carbonyl (C=O) groups is 1. The summed E-state index contributed by atoms with van der Waals surface area (Å²) in [6, 6.07) is 8.81. The average Bonchev–Trinajstić information content (AvgIpc) is 2.51. The fourth-order valence-corrected chi connectivity index (χ4v) is 2.17. The monoisotopic (exact) mass is 302 g/mol. The maximum atomic E-state index is 12.2. The zero-order valence-corrected chi connectivity index (χ0v) is 12.6. The van der Waals surface area contributed by atoms with Crippen LogP contribution in [-0.2, 0) is 17.8 Å². The third-order valence-corrected chi connectivity index (χ3v) is 3.19. The minimum Gasteiger partial charge on any atom is -0.497 e. The molecule has 6 heteroatoms. The molecule has 2 rings (SSSR count). The molecule has 0 atom stereocenters. The standard InChI is InChI=1S/C16H18N2O4/c1-3-7-18-16(21)12(10-15(19)20)9-14(17-18)11-5-4-6-13(8-11)22-2/h4-6,8-9H,3,7,10H2,1-2H3,(H,19,20). The van der Waals surface area contributed by atoms with Gasteiger partial charge in [-0.25, -0.2) is 4.68 Å². The Balaban J connectivity index is 2.56. The van der Waals surface area contributed by atoms with Gasteiger partial charge in [0.2, 0.25) is 0 Å². The van der Waals surface area contributed by atoms with Crippen molar-refractivity contribution >= 4 is 5.97 Å². The summed E-state index contributed by atoms with van der Waals surface area (Å²) in [4.78, 5) is 23.2. The smallest absolute Gasteiger partial charge is 0.308 e. The Bertz CT molecular complexity index is 737. The Hall–Kier alpha value is -2.63. The van der Waals surface area contributed by atoms with E-state index in [1.807, 2.05) is 25.1 Å². The molecule has 22 heavy (non-hydrogen) atoms. The normalized spacial score (nSPS) is 10.5. The second kappa shape index (κ2) is 6.89. The second-order valence-electron chi connectivity index (χ2n) is 4.89. The van der Waals surface area contributed by atoms with E-state index in [-0.39, 0.29) is 17.5 Å². The van der Waals surface area contributed by atoms with Crippen molar-refractivity contribution in [3.8, 4) is 17.0 Å². The number of hydrogen-bond donors (Lipinski definition) is 1. The number of nitrogens with zero attached hydrogens (tertiary/aromatic N) is 2. The lowest BCUT2D eigenvalue weighted by Crippen LogP contribution is -2.28. The molecule has 2 aromatic rings. The molecule has 0 bridgehead atoms. The van der Waals surface area contributed by atoms with Crippen molar-refractivity contribution in [3.05, 3.63) is 46.2 Å². The molecule has 6 nitrogen and oxygen atoms in total. The van der Waals surface area contributed by atoms with Gasteiger partial charge in [0.15, 0.2) is 0 Å². The molecule has 1 aromatic heterocycles. The molecule has 0 saturated heterocycles. The maximum absolute atomic E-state index is 12.2. The predicted molar refractivity (Wildman–Crippen MR) is 82.1 cm³/mol. The fraction of sp³-hybridized carbons (Fsp3) is 0.312. The number of aliphatic carboxylic acids is 1. The van der Waals surface area contributed by atoms with Crippen LogP contribution in [0, 0.1) is 0 Å². The largest absolute Gasteiger partial charge is 0.497 e. The lowest BCUT2D eigenvalue weighted by Gasteiger charge is -2.10. The van der Waals surface area contributed by atoms with Gasteiger partial charge in [0.05, 0.1) is 19.2 Å². The lowest BCUT2D eigenvalue weighted by atomic mass is 10.1. The van der Waals surface area contributed by atoms with Crippen LogP contribution >= 0.6 is 0 Å². The first-order valence-electron chi connectivity index (χ1n) is 7.02. The highest BCUT2D eigenvalue weighted by molar-refractivity contribution is 5.71. The van der Waals surface area contributed by atoms with Crippen LogP contribution in [0.1, 0.15) is 18.9 Å². The highest BCUT2D eigenvalue weighted by Gasteiger charge is 2.13. The Kier molecular flexibility index (Phi) is 4.93. The minimum atomic E-state index is -1.04. The van der Waals surface area contributed by atoms with Crippen molar-refractivity contribution in [1.82, 2.24) is 9.78 Å². The summed E-state index contributed by atoms with van der Waals surface area (Å²) < 4.78 is 6.51. The van der Waals surface area contributed by atoms with Crippen molar-refractivity contribution in [3.63, 3.8) is 0 Å². The van der Waals surface area contributed by atoms with Gasteiger partial charge in [0.1, 0.15) is 5.75 Å². The number of aryl methyl sites for hydroxylation is 1. The van der Waals surface area contributed by atoms with Gasteiger partial charge in [-0.3, -0.25) is 9.59 Å². The van der Waals surface area contributed by atoms with Gasteiger partial charge in [0, 0.05) is 17.7 Å². The highest BCUT2D eigenvalue weighted by atomic mass is 16.5. The first kappa shape index (κ1) is 15.8. The number of rotatable bonds is 6. The van der Waals surface area contributed by atoms with Crippen molar-refractivity contribution < 1.29 is 14.6 Å². The van der Waals surface area contributed by atoms with E-state index in [2.05, 4.69) is 5.10 Å². The number of carboxylic acids is 1. The molecule has 0 saturated carbocycles. The third kappa shape index (κ3) is 3.52. The Morgan fingerprint density at radius 3 is 2.77 bits per heavy atom. The first-order valence-corrected chi connectivity index (χ1v) is 7.02. The van der Waals surface area contributed by atoms with Crippen LogP contribution in [0.25, 0.3) is 11.3 Å². The van der Waals surface area contributed by atoms with Crippen LogP contribution in [0.15, 0.2) is 35.1 Å². The Morgan fingerprint density at radius 2 is 2.14 bits per heavy atom. The zero-order chi connectivity index (χ0) is 16.1. The molecular weight excluding hydrogens is 284 g/mol. The van der Waals surface area contributed by atoms with Gasteiger partial charge in [-0.1, -0.05) is 19.1 Å². The van der Waals surface area contributed by atoms with Gasteiger partial charge in [-0.05, 0) is 24.6 Å². The molecule has 0 amide bonds. The van der Waals surface area contributed by atoms with Crippen molar-refractivity contribution in [2.45, 2.75) is 26.3 Å². The molecule has 0 fully saturated rings. The van der Waals surface area contributed by atoms with Gasteiger partial charge in [-0.2, -0.15) is 5.10 Å². The summed E-state index contributed by atoms with van der Waals surface area (Å²) in [5, 5.41) is 13.3. The highest BCUT2D eigenvalue weighted by Crippen LogP contribution is 2.22. The van der Waals surface area contributed by atoms with E-state index in [1.54, 1.807) is 13.2 Å². The Labute approximate surface area is 128 Å². The summed E-state index contributed by atoms with van der Waals surface area (Å²) in [7, 11) is 1.57. The molecule has 1 aromatic carbocycles. The van der Waals surface area contributed by atoms with Gasteiger partial charge < -0.3 is 9.84 Å². The van der Waals surface area contributed by atoms with E-state index in [9.17, 15) is 9.59 Å². The topological polar surface area (TPSA) is 81.4 Å². The molecule has 116 valence electrons. The predicted octanol–water partition coefficient (Wildman–Crippen LogP) is 1.96. The summed E-state index contributed by atoms with van der Waals surface area (Å²) in [6.07, 6.45) is 0.420. The molecule has 1 heterocycles. The van der Waals surface area contributed by atoms with Crippen LogP contribution in [0.5, 0.6) is 5.75 Å². The van der Waals surface area contributed by atoms with E-state index in [0.717, 1.165) is 12.0 Å². The lowest BCUT2D eigenvalue weighted by molar-refractivity contribution is -0.136.